The number of carbonyl (C=O) groups excluding carboxylic acids is 1. The van der Waals surface area contributed by atoms with Crippen LogP contribution in [0.25, 0.3) is 0 Å². The van der Waals surface area contributed by atoms with Gasteiger partial charge >= 0.3 is 0 Å². The van der Waals surface area contributed by atoms with E-state index in [4.69, 9.17) is 5.11 Å². The average molecular weight is 331 g/mol. The molecular formula is C12H14INO2. The molecule has 1 aliphatic heterocycles. The lowest BCUT2D eigenvalue weighted by Crippen LogP contribution is -2.25. The standard InChI is InChI=1S/C12H14INO2/c1-8-2-3-11(10(13)4-8)14-6-9(7-15)5-12(14)16/h2-4,9,15H,5-7H2,1H3. The van der Waals surface area contributed by atoms with Gasteiger partial charge in [-0.05, 0) is 47.2 Å². The number of hydrogen-bond acceptors (Lipinski definition) is 2. The van der Waals surface area contributed by atoms with E-state index in [1.165, 1.54) is 5.56 Å². The zero-order valence-electron chi connectivity index (χ0n) is 9.11. The lowest BCUT2D eigenvalue weighted by molar-refractivity contribution is -0.117. The zero-order valence-corrected chi connectivity index (χ0v) is 11.3. The molecule has 4 heteroatoms. The molecule has 0 bridgehead atoms. The van der Waals surface area contributed by atoms with Gasteiger partial charge in [-0.1, -0.05) is 6.07 Å². The number of benzene rings is 1. The monoisotopic (exact) mass is 331 g/mol. The molecule has 1 saturated heterocycles. The fourth-order valence-electron chi connectivity index (χ4n) is 1.97. The molecule has 1 amide bonds. The van der Waals surface area contributed by atoms with Crippen LogP contribution >= 0.6 is 22.6 Å². The fourth-order valence-corrected chi connectivity index (χ4v) is 2.93. The second-order valence-corrected chi connectivity index (χ2v) is 5.37. The highest BCUT2D eigenvalue weighted by Crippen LogP contribution is 2.29. The zero-order chi connectivity index (χ0) is 11.7. The van der Waals surface area contributed by atoms with Crippen LogP contribution in [0.4, 0.5) is 5.69 Å². The molecule has 0 saturated carbocycles. The summed E-state index contributed by atoms with van der Waals surface area (Å²) in [4.78, 5) is 13.6. The van der Waals surface area contributed by atoms with Crippen LogP contribution < -0.4 is 4.90 Å². The molecule has 1 unspecified atom stereocenters. The van der Waals surface area contributed by atoms with E-state index in [1.807, 2.05) is 19.1 Å². The number of hydrogen-bond donors (Lipinski definition) is 1. The van der Waals surface area contributed by atoms with Gasteiger partial charge in [0.15, 0.2) is 0 Å². The Morgan fingerprint density at radius 1 is 1.56 bits per heavy atom. The van der Waals surface area contributed by atoms with Gasteiger partial charge in [-0.3, -0.25) is 4.79 Å². The summed E-state index contributed by atoms with van der Waals surface area (Å²) in [6.45, 7) is 2.76. The summed E-state index contributed by atoms with van der Waals surface area (Å²) < 4.78 is 1.09. The van der Waals surface area contributed by atoms with E-state index in [2.05, 4.69) is 28.7 Å². The second-order valence-electron chi connectivity index (χ2n) is 4.21. The molecule has 86 valence electrons. The Kier molecular flexibility index (Phi) is 3.49. The first-order valence-electron chi connectivity index (χ1n) is 5.29. The van der Waals surface area contributed by atoms with Crippen LogP contribution in [0.15, 0.2) is 18.2 Å². The van der Waals surface area contributed by atoms with Gasteiger partial charge in [0.1, 0.15) is 0 Å². The molecule has 1 N–H and O–H groups in total. The summed E-state index contributed by atoms with van der Waals surface area (Å²) in [7, 11) is 0. The number of nitrogens with zero attached hydrogens (tertiary/aromatic N) is 1. The highest BCUT2D eigenvalue weighted by molar-refractivity contribution is 14.1. The van der Waals surface area contributed by atoms with E-state index >= 15 is 0 Å². The maximum Gasteiger partial charge on any atom is 0.227 e. The van der Waals surface area contributed by atoms with Crippen molar-refractivity contribution in [1.29, 1.82) is 0 Å². The van der Waals surface area contributed by atoms with Crippen molar-refractivity contribution in [3.05, 3.63) is 27.3 Å². The van der Waals surface area contributed by atoms with Gasteiger partial charge in [-0.2, -0.15) is 0 Å². The molecule has 16 heavy (non-hydrogen) atoms. The van der Waals surface area contributed by atoms with Crippen LogP contribution in [0.1, 0.15) is 12.0 Å². The van der Waals surface area contributed by atoms with Crippen molar-refractivity contribution < 1.29 is 9.90 Å². The van der Waals surface area contributed by atoms with Crippen molar-refractivity contribution in [2.45, 2.75) is 13.3 Å². The first kappa shape index (κ1) is 11.9. The molecule has 1 aromatic rings. The van der Waals surface area contributed by atoms with Gasteiger partial charge in [0.05, 0.1) is 5.69 Å². The first-order valence-corrected chi connectivity index (χ1v) is 6.37. The van der Waals surface area contributed by atoms with Gasteiger partial charge in [0.2, 0.25) is 5.91 Å². The molecule has 1 fully saturated rings. The maximum absolute atomic E-state index is 11.8. The van der Waals surface area contributed by atoms with Gasteiger partial charge in [0.25, 0.3) is 0 Å². The van der Waals surface area contributed by atoms with Gasteiger partial charge in [-0.15, -0.1) is 0 Å². The number of halogens is 1. The fraction of sp³-hybridized carbons (Fsp3) is 0.417. The van der Waals surface area contributed by atoms with E-state index in [0.29, 0.717) is 13.0 Å². The van der Waals surface area contributed by atoms with Crippen LogP contribution in [0, 0.1) is 16.4 Å². The Labute approximate surface area is 109 Å². The van der Waals surface area contributed by atoms with Crippen molar-refractivity contribution in [2.24, 2.45) is 5.92 Å². The van der Waals surface area contributed by atoms with Crippen molar-refractivity contribution in [2.75, 3.05) is 18.1 Å². The van der Waals surface area contributed by atoms with E-state index in [0.717, 1.165) is 9.26 Å². The summed E-state index contributed by atoms with van der Waals surface area (Å²) in [6, 6.07) is 6.06. The van der Waals surface area contributed by atoms with Crippen LogP contribution in [-0.2, 0) is 4.79 Å². The number of aliphatic hydroxyl groups excluding tert-OH is 1. The lowest BCUT2D eigenvalue weighted by Gasteiger charge is -2.18. The summed E-state index contributed by atoms with van der Waals surface area (Å²) in [5, 5.41) is 9.08. The molecule has 1 atom stereocenters. The summed E-state index contributed by atoms with van der Waals surface area (Å²) >= 11 is 2.25. The summed E-state index contributed by atoms with van der Waals surface area (Å²) in [5.41, 5.74) is 2.16. The van der Waals surface area contributed by atoms with Crippen molar-refractivity contribution in [3.63, 3.8) is 0 Å². The van der Waals surface area contributed by atoms with Crippen molar-refractivity contribution in [1.82, 2.24) is 0 Å². The van der Waals surface area contributed by atoms with Gasteiger partial charge < -0.3 is 10.0 Å². The summed E-state index contributed by atoms with van der Waals surface area (Å²) in [6.07, 6.45) is 0.459. The minimum Gasteiger partial charge on any atom is -0.396 e. The number of aliphatic hydroxyl groups is 1. The molecule has 0 aromatic heterocycles. The Morgan fingerprint density at radius 3 is 2.88 bits per heavy atom. The molecule has 1 heterocycles. The topological polar surface area (TPSA) is 40.5 Å². The van der Waals surface area contributed by atoms with Gasteiger partial charge in [0, 0.05) is 29.1 Å². The number of rotatable bonds is 2. The Bertz CT molecular complexity index is 419. The number of aryl methyl sites for hydroxylation is 1. The largest absolute Gasteiger partial charge is 0.396 e. The molecule has 0 aliphatic carbocycles. The Balaban J connectivity index is 2.28. The quantitative estimate of drug-likeness (QED) is 0.842. The predicted molar refractivity (Wildman–Crippen MR) is 71.4 cm³/mol. The summed E-state index contributed by atoms with van der Waals surface area (Å²) in [5.74, 6) is 0.199. The van der Waals surface area contributed by atoms with Gasteiger partial charge in [-0.25, -0.2) is 0 Å². The Morgan fingerprint density at radius 2 is 2.31 bits per heavy atom. The van der Waals surface area contributed by atoms with Crippen LogP contribution in [-0.4, -0.2) is 24.2 Å². The van der Waals surface area contributed by atoms with Crippen LogP contribution in [0.3, 0.4) is 0 Å². The van der Waals surface area contributed by atoms with E-state index in [1.54, 1.807) is 4.90 Å². The Hall–Kier alpha value is -0.620. The maximum atomic E-state index is 11.8. The molecule has 3 nitrogen and oxygen atoms in total. The third-order valence-corrected chi connectivity index (χ3v) is 3.72. The SMILES string of the molecule is Cc1ccc(N2CC(CO)CC2=O)c(I)c1. The number of carbonyl (C=O) groups is 1. The average Bonchev–Trinajstić information content (AvgIpc) is 2.60. The third-order valence-electron chi connectivity index (χ3n) is 2.86. The highest BCUT2D eigenvalue weighted by Gasteiger charge is 2.30. The molecule has 0 radical (unpaired) electrons. The van der Waals surface area contributed by atoms with E-state index in [9.17, 15) is 4.79 Å². The minimum atomic E-state index is 0.0876. The first-order chi connectivity index (χ1) is 7.61. The molecule has 1 aromatic carbocycles. The van der Waals surface area contributed by atoms with Crippen LogP contribution in [0.2, 0.25) is 0 Å². The van der Waals surface area contributed by atoms with E-state index < -0.39 is 0 Å². The molecule has 0 spiro atoms. The predicted octanol–water partition coefficient (Wildman–Crippen LogP) is 1.94. The van der Waals surface area contributed by atoms with E-state index in [-0.39, 0.29) is 18.4 Å². The van der Waals surface area contributed by atoms with Crippen molar-refractivity contribution in [3.8, 4) is 0 Å². The minimum absolute atomic E-state index is 0.0876. The molecule has 2 rings (SSSR count). The van der Waals surface area contributed by atoms with Crippen molar-refractivity contribution >= 4 is 34.2 Å². The molecular weight excluding hydrogens is 317 g/mol. The smallest absolute Gasteiger partial charge is 0.227 e. The highest BCUT2D eigenvalue weighted by atomic mass is 127. The third kappa shape index (κ3) is 2.22. The number of anilines is 1. The molecule has 1 aliphatic rings. The lowest BCUT2D eigenvalue weighted by atomic mass is 10.1. The normalized spacial score (nSPS) is 20.6. The van der Waals surface area contributed by atoms with Crippen LogP contribution in [0.5, 0.6) is 0 Å². The number of amides is 1. The second kappa shape index (κ2) is 4.71.